The quantitative estimate of drug-likeness (QED) is 0.817. The van der Waals surface area contributed by atoms with Crippen LogP contribution in [0.25, 0.3) is 0 Å². The van der Waals surface area contributed by atoms with Crippen LogP contribution in [0.2, 0.25) is 0 Å². The molecule has 0 spiro atoms. The van der Waals surface area contributed by atoms with Crippen LogP contribution in [-0.2, 0) is 19.6 Å². The zero-order valence-electron chi connectivity index (χ0n) is 13.5. The van der Waals surface area contributed by atoms with Gasteiger partial charge in [-0.15, -0.1) is 0 Å². The molecule has 1 aromatic rings. The van der Waals surface area contributed by atoms with Gasteiger partial charge in [0.2, 0.25) is 15.9 Å². The van der Waals surface area contributed by atoms with Crippen molar-refractivity contribution in [2.24, 2.45) is 0 Å². The molecule has 3 rings (SSSR count). The van der Waals surface area contributed by atoms with Gasteiger partial charge in [-0.05, 0) is 37.6 Å². The van der Waals surface area contributed by atoms with Crippen LogP contribution in [0.3, 0.4) is 0 Å². The van der Waals surface area contributed by atoms with Gasteiger partial charge in [-0.2, -0.15) is 4.31 Å². The maximum atomic E-state index is 12.7. The molecule has 2 aliphatic rings. The first-order valence-electron chi connectivity index (χ1n) is 8.27. The number of nitrogens with one attached hydrogen (secondary N) is 2. The Balaban J connectivity index is 1.67. The average molecular weight is 353 g/mol. The highest BCUT2D eigenvalue weighted by Gasteiger charge is 2.26. The Kier molecular flexibility index (Phi) is 5.50. The van der Waals surface area contributed by atoms with E-state index in [-0.39, 0.29) is 16.8 Å². The molecular weight excluding hydrogens is 330 g/mol. The van der Waals surface area contributed by atoms with Crippen molar-refractivity contribution in [1.29, 1.82) is 0 Å². The molecule has 1 aromatic carbocycles. The highest BCUT2D eigenvalue weighted by molar-refractivity contribution is 7.89. The molecule has 2 aliphatic heterocycles. The number of amides is 1. The first kappa shape index (κ1) is 17.3. The van der Waals surface area contributed by atoms with Crippen molar-refractivity contribution in [3.8, 4) is 0 Å². The fourth-order valence-corrected chi connectivity index (χ4v) is 4.49. The summed E-state index contributed by atoms with van der Waals surface area (Å²) in [6.45, 7) is 2.47. The Morgan fingerprint density at radius 3 is 2.83 bits per heavy atom. The first-order chi connectivity index (χ1) is 11.6. The van der Waals surface area contributed by atoms with Gasteiger partial charge < -0.3 is 15.4 Å². The predicted molar refractivity (Wildman–Crippen MR) is 90.3 cm³/mol. The monoisotopic (exact) mass is 353 g/mol. The normalized spacial score (nSPS) is 22.4. The molecule has 8 heteroatoms. The lowest BCUT2D eigenvalue weighted by atomic mass is 10.1. The van der Waals surface area contributed by atoms with Crippen LogP contribution < -0.4 is 10.6 Å². The average Bonchev–Trinajstić information content (AvgIpc) is 3.08. The number of carbonyl (C=O) groups excluding carboxylic acids is 1. The van der Waals surface area contributed by atoms with E-state index in [0.29, 0.717) is 38.4 Å². The standard InChI is InChI=1S/C16H23N3O4S/c20-16(12-13-4-2-6-17-13)18-14-3-1-5-15(11-14)24(21,22)19-7-9-23-10-8-19/h1,3,5,11,13,17H,2,4,6-10,12H2,(H,18,20). The van der Waals surface area contributed by atoms with Gasteiger partial charge in [0.15, 0.2) is 0 Å². The van der Waals surface area contributed by atoms with Gasteiger partial charge in [-0.3, -0.25) is 4.79 Å². The number of nitrogens with zero attached hydrogens (tertiary/aromatic N) is 1. The zero-order chi connectivity index (χ0) is 17.0. The third-order valence-corrected chi connectivity index (χ3v) is 6.21. The molecule has 0 bridgehead atoms. The number of rotatable bonds is 5. The van der Waals surface area contributed by atoms with E-state index >= 15 is 0 Å². The maximum absolute atomic E-state index is 12.7. The number of hydrogen-bond acceptors (Lipinski definition) is 5. The molecule has 2 saturated heterocycles. The Morgan fingerprint density at radius 1 is 1.33 bits per heavy atom. The predicted octanol–water partition coefficient (Wildman–Crippen LogP) is 0.788. The van der Waals surface area contributed by atoms with Crippen LogP contribution in [0.1, 0.15) is 19.3 Å². The van der Waals surface area contributed by atoms with Crippen molar-refractivity contribution < 1.29 is 17.9 Å². The number of ether oxygens (including phenoxy) is 1. The summed E-state index contributed by atoms with van der Waals surface area (Å²) in [6.07, 6.45) is 2.49. The van der Waals surface area contributed by atoms with E-state index in [0.717, 1.165) is 19.4 Å². The topological polar surface area (TPSA) is 87.7 Å². The fraction of sp³-hybridized carbons (Fsp3) is 0.562. The fourth-order valence-electron chi connectivity index (χ4n) is 3.04. The summed E-state index contributed by atoms with van der Waals surface area (Å²) in [5.41, 5.74) is 0.507. The summed E-state index contributed by atoms with van der Waals surface area (Å²) in [4.78, 5) is 12.3. The van der Waals surface area contributed by atoms with E-state index in [9.17, 15) is 13.2 Å². The SMILES string of the molecule is O=C(CC1CCCN1)Nc1cccc(S(=O)(=O)N2CCOCC2)c1. The number of benzene rings is 1. The van der Waals surface area contributed by atoms with E-state index in [1.165, 1.54) is 10.4 Å². The van der Waals surface area contributed by atoms with Gasteiger partial charge in [-0.1, -0.05) is 6.07 Å². The molecule has 2 fully saturated rings. The van der Waals surface area contributed by atoms with Crippen LogP contribution in [0.15, 0.2) is 29.2 Å². The summed E-state index contributed by atoms with van der Waals surface area (Å²) in [6, 6.07) is 6.64. The molecule has 0 saturated carbocycles. The van der Waals surface area contributed by atoms with Gasteiger partial charge in [0, 0.05) is 31.2 Å². The number of anilines is 1. The molecule has 0 aromatic heterocycles. The van der Waals surface area contributed by atoms with Gasteiger partial charge >= 0.3 is 0 Å². The lowest BCUT2D eigenvalue weighted by molar-refractivity contribution is -0.116. The lowest BCUT2D eigenvalue weighted by Gasteiger charge is -2.26. The Hall–Kier alpha value is -1.48. The van der Waals surface area contributed by atoms with E-state index in [1.54, 1.807) is 18.2 Å². The molecule has 2 N–H and O–H groups in total. The second-order valence-electron chi connectivity index (χ2n) is 6.09. The van der Waals surface area contributed by atoms with Gasteiger partial charge in [0.25, 0.3) is 0 Å². The van der Waals surface area contributed by atoms with Crippen LogP contribution in [0, 0.1) is 0 Å². The van der Waals surface area contributed by atoms with Gasteiger partial charge in [-0.25, -0.2) is 8.42 Å². The van der Waals surface area contributed by atoms with Gasteiger partial charge in [0.1, 0.15) is 0 Å². The molecule has 24 heavy (non-hydrogen) atoms. The van der Waals surface area contributed by atoms with Crippen LogP contribution in [0.5, 0.6) is 0 Å². The Bertz CT molecular complexity index is 680. The number of hydrogen-bond donors (Lipinski definition) is 2. The number of morpholine rings is 1. The largest absolute Gasteiger partial charge is 0.379 e. The van der Waals surface area contributed by atoms with Crippen LogP contribution >= 0.6 is 0 Å². The molecular formula is C16H23N3O4S. The highest BCUT2D eigenvalue weighted by atomic mass is 32.2. The molecule has 132 valence electrons. The molecule has 1 amide bonds. The van der Waals surface area contributed by atoms with Gasteiger partial charge in [0.05, 0.1) is 18.1 Å². The maximum Gasteiger partial charge on any atom is 0.243 e. The van der Waals surface area contributed by atoms with E-state index in [4.69, 9.17) is 4.74 Å². The third kappa shape index (κ3) is 4.13. The van der Waals surface area contributed by atoms with Crippen LogP contribution in [-0.4, -0.2) is 57.5 Å². The van der Waals surface area contributed by atoms with Crippen molar-refractivity contribution in [3.63, 3.8) is 0 Å². The molecule has 2 heterocycles. The molecule has 0 radical (unpaired) electrons. The third-order valence-electron chi connectivity index (χ3n) is 4.32. The molecule has 1 atom stereocenters. The second kappa shape index (κ2) is 7.60. The van der Waals surface area contributed by atoms with Crippen LogP contribution in [0.4, 0.5) is 5.69 Å². The van der Waals surface area contributed by atoms with Crippen molar-refractivity contribution >= 4 is 21.6 Å². The van der Waals surface area contributed by atoms with Crippen molar-refractivity contribution in [3.05, 3.63) is 24.3 Å². The Labute approximate surface area is 142 Å². The van der Waals surface area contributed by atoms with Crippen molar-refractivity contribution in [1.82, 2.24) is 9.62 Å². The molecule has 0 aliphatic carbocycles. The minimum atomic E-state index is -3.55. The summed E-state index contributed by atoms with van der Waals surface area (Å²) in [5, 5.41) is 6.07. The summed E-state index contributed by atoms with van der Waals surface area (Å²) in [5.74, 6) is -0.102. The first-order valence-corrected chi connectivity index (χ1v) is 9.71. The number of carbonyl (C=O) groups is 1. The molecule has 7 nitrogen and oxygen atoms in total. The highest BCUT2D eigenvalue weighted by Crippen LogP contribution is 2.21. The van der Waals surface area contributed by atoms with E-state index in [2.05, 4.69) is 10.6 Å². The smallest absolute Gasteiger partial charge is 0.243 e. The van der Waals surface area contributed by atoms with E-state index < -0.39 is 10.0 Å². The van der Waals surface area contributed by atoms with Crippen molar-refractivity contribution in [2.45, 2.75) is 30.2 Å². The minimum absolute atomic E-state index is 0.102. The lowest BCUT2D eigenvalue weighted by Crippen LogP contribution is -2.40. The molecule has 1 unspecified atom stereocenters. The zero-order valence-corrected chi connectivity index (χ0v) is 14.3. The minimum Gasteiger partial charge on any atom is -0.379 e. The Morgan fingerprint density at radius 2 is 2.12 bits per heavy atom. The van der Waals surface area contributed by atoms with E-state index in [1.807, 2.05) is 0 Å². The number of sulfonamides is 1. The summed E-state index contributed by atoms with van der Waals surface area (Å²) >= 11 is 0. The summed E-state index contributed by atoms with van der Waals surface area (Å²) < 4.78 is 31.9. The van der Waals surface area contributed by atoms with Crippen molar-refractivity contribution in [2.75, 3.05) is 38.2 Å². The second-order valence-corrected chi connectivity index (χ2v) is 8.03. The summed E-state index contributed by atoms with van der Waals surface area (Å²) in [7, 11) is -3.55.